The van der Waals surface area contributed by atoms with E-state index >= 15 is 0 Å². The Bertz CT molecular complexity index is 864. The van der Waals surface area contributed by atoms with E-state index in [-0.39, 0.29) is 11.2 Å². The maximum absolute atomic E-state index is 12.1. The second-order valence-electron chi connectivity index (χ2n) is 3.98. The molecule has 3 aromatic rings. The largest absolute Gasteiger partial charge is 0.332 e. The van der Waals surface area contributed by atoms with Gasteiger partial charge in [0, 0.05) is 25.2 Å². The molecule has 3 rings (SSSR count). The maximum Gasteiger partial charge on any atom is 0.332 e. The topological polar surface area (TPSA) is 61.3 Å². The average Bonchev–Trinajstić information content (AvgIpc) is 2.84. The minimum atomic E-state index is -0.356. The van der Waals surface area contributed by atoms with Gasteiger partial charge in [0.1, 0.15) is 0 Å². The lowest BCUT2D eigenvalue weighted by Crippen LogP contribution is -2.37. The third-order valence-electron chi connectivity index (χ3n) is 2.91. The molecule has 88 valence electrons. The molecule has 0 fully saturated rings. The minimum Gasteiger partial charge on any atom is -0.281 e. The van der Waals surface area contributed by atoms with Gasteiger partial charge in [0.05, 0.1) is 0 Å². The zero-order valence-electron chi connectivity index (χ0n) is 9.59. The van der Waals surface area contributed by atoms with Crippen LogP contribution < -0.4 is 11.2 Å². The Morgan fingerprint density at radius 1 is 1.24 bits per heavy atom. The number of imidazole rings is 1. The SMILES string of the molecule is Cc1csc2nc3c(c(=O)n(C)c(=O)n3C)n12. The normalized spacial score (nSPS) is 11.7. The predicted molar refractivity (Wildman–Crippen MR) is 65.8 cm³/mol. The Morgan fingerprint density at radius 3 is 2.65 bits per heavy atom. The van der Waals surface area contributed by atoms with Gasteiger partial charge in [-0.25, -0.2) is 9.78 Å². The molecule has 0 radical (unpaired) electrons. The third-order valence-corrected chi connectivity index (χ3v) is 3.86. The monoisotopic (exact) mass is 250 g/mol. The Kier molecular flexibility index (Phi) is 1.86. The Hall–Kier alpha value is -1.89. The van der Waals surface area contributed by atoms with E-state index < -0.39 is 0 Å². The molecule has 0 amide bonds. The first-order valence-corrected chi connectivity index (χ1v) is 5.92. The van der Waals surface area contributed by atoms with E-state index in [0.29, 0.717) is 11.2 Å². The molecule has 0 N–H and O–H groups in total. The molecule has 17 heavy (non-hydrogen) atoms. The fourth-order valence-corrected chi connectivity index (χ4v) is 2.83. The van der Waals surface area contributed by atoms with Crippen molar-refractivity contribution in [2.24, 2.45) is 14.1 Å². The van der Waals surface area contributed by atoms with Gasteiger partial charge in [-0.1, -0.05) is 0 Å². The predicted octanol–water partition coefficient (Wildman–Crippen LogP) is 0.255. The minimum absolute atomic E-state index is 0.308. The molecule has 0 bridgehead atoms. The van der Waals surface area contributed by atoms with E-state index in [4.69, 9.17) is 0 Å². The zero-order chi connectivity index (χ0) is 12.3. The molecule has 0 unspecified atom stereocenters. The van der Waals surface area contributed by atoms with Crippen molar-refractivity contribution >= 4 is 27.5 Å². The van der Waals surface area contributed by atoms with Gasteiger partial charge in [-0.05, 0) is 6.92 Å². The smallest absolute Gasteiger partial charge is 0.281 e. The fraction of sp³-hybridized carbons (Fsp3) is 0.300. The van der Waals surface area contributed by atoms with Gasteiger partial charge in [-0.2, -0.15) is 0 Å². The summed E-state index contributed by atoms with van der Waals surface area (Å²) in [6.45, 7) is 1.91. The highest BCUT2D eigenvalue weighted by Gasteiger charge is 2.16. The van der Waals surface area contributed by atoms with Crippen LogP contribution in [0.1, 0.15) is 5.69 Å². The summed E-state index contributed by atoms with van der Waals surface area (Å²) in [6.07, 6.45) is 0. The summed E-state index contributed by atoms with van der Waals surface area (Å²) in [5.41, 5.74) is 1.18. The Labute approximate surface area is 99.4 Å². The molecule has 0 aliphatic rings. The van der Waals surface area contributed by atoms with Gasteiger partial charge in [0.25, 0.3) is 5.56 Å². The van der Waals surface area contributed by atoms with Crippen molar-refractivity contribution in [3.8, 4) is 0 Å². The van der Waals surface area contributed by atoms with Crippen molar-refractivity contribution < 1.29 is 0 Å². The highest BCUT2D eigenvalue weighted by Crippen LogP contribution is 2.19. The van der Waals surface area contributed by atoms with Gasteiger partial charge in [0.15, 0.2) is 16.1 Å². The van der Waals surface area contributed by atoms with Crippen LogP contribution in [0.15, 0.2) is 15.0 Å². The first-order chi connectivity index (χ1) is 8.02. The van der Waals surface area contributed by atoms with Crippen molar-refractivity contribution in [3.05, 3.63) is 31.9 Å². The van der Waals surface area contributed by atoms with Gasteiger partial charge >= 0.3 is 5.69 Å². The van der Waals surface area contributed by atoms with Gasteiger partial charge in [-0.15, -0.1) is 11.3 Å². The van der Waals surface area contributed by atoms with Crippen molar-refractivity contribution in [2.45, 2.75) is 6.92 Å². The number of aromatic nitrogens is 4. The molecule has 0 saturated carbocycles. The molecule has 7 heteroatoms. The van der Waals surface area contributed by atoms with Crippen LogP contribution in [0.4, 0.5) is 0 Å². The molecular formula is C10H10N4O2S. The summed E-state index contributed by atoms with van der Waals surface area (Å²) in [5.74, 6) is 0. The van der Waals surface area contributed by atoms with Gasteiger partial charge in [0.2, 0.25) is 0 Å². The van der Waals surface area contributed by atoms with E-state index in [1.165, 1.54) is 23.0 Å². The number of hydrogen-bond acceptors (Lipinski definition) is 4. The lowest BCUT2D eigenvalue weighted by molar-refractivity contribution is 0.707. The van der Waals surface area contributed by atoms with Crippen LogP contribution in [0.5, 0.6) is 0 Å². The molecule has 0 atom stereocenters. The lowest BCUT2D eigenvalue weighted by Gasteiger charge is -2.02. The molecule has 0 spiro atoms. The molecule has 3 aromatic heterocycles. The van der Waals surface area contributed by atoms with Crippen molar-refractivity contribution in [3.63, 3.8) is 0 Å². The number of rotatable bonds is 0. The number of fused-ring (bicyclic) bond motifs is 3. The van der Waals surface area contributed by atoms with E-state index in [0.717, 1.165) is 15.2 Å². The molecule has 3 heterocycles. The van der Waals surface area contributed by atoms with Crippen LogP contribution in [-0.4, -0.2) is 18.5 Å². The summed E-state index contributed by atoms with van der Waals surface area (Å²) in [4.78, 5) is 28.9. The number of hydrogen-bond donors (Lipinski definition) is 0. The van der Waals surface area contributed by atoms with E-state index in [9.17, 15) is 9.59 Å². The second kappa shape index (κ2) is 3.07. The summed E-state index contributed by atoms with van der Waals surface area (Å²) < 4.78 is 4.30. The highest BCUT2D eigenvalue weighted by atomic mass is 32.1. The maximum atomic E-state index is 12.1. The van der Waals surface area contributed by atoms with Crippen LogP contribution >= 0.6 is 11.3 Å². The van der Waals surface area contributed by atoms with Crippen LogP contribution in [0.2, 0.25) is 0 Å². The van der Waals surface area contributed by atoms with Crippen LogP contribution in [0, 0.1) is 6.92 Å². The molecule has 0 aromatic carbocycles. The van der Waals surface area contributed by atoms with E-state index in [1.807, 2.05) is 12.3 Å². The number of nitrogens with zero attached hydrogens (tertiary/aromatic N) is 4. The molecule has 0 saturated heterocycles. The first-order valence-electron chi connectivity index (χ1n) is 5.04. The van der Waals surface area contributed by atoms with Gasteiger partial charge < -0.3 is 0 Å². The van der Waals surface area contributed by atoms with Gasteiger partial charge in [-0.3, -0.25) is 18.3 Å². The highest BCUT2D eigenvalue weighted by molar-refractivity contribution is 7.15. The number of thiazole rings is 1. The van der Waals surface area contributed by atoms with Crippen LogP contribution in [0.25, 0.3) is 16.1 Å². The fourth-order valence-electron chi connectivity index (χ4n) is 1.97. The Morgan fingerprint density at radius 2 is 1.94 bits per heavy atom. The quantitative estimate of drug-likeness (QED) is 0.575. The van der Waals surface area contributed by atoms with Crippen molar-refractivity contribution in [2.75, 3.05) is 0 Å². The number of aryl methyl sites for hydroxylation is 2. The second-order valence-corrected chi connectivity index (χ2v) is 4.82. The summed E-state index contributed by atoms with van der Waals surface area (Å²) in [5, 5.41) is 1.94. The molecule has 6 nitrogen and oxygen atoms in total. The standard InChI is InChI=1S/C10H10N4O2S/c1-5-4-17-9-11-7-6(14(5)9)8(15)13(3)10(16)12(7)2/h4H,1-3H3. The average molecular weight is 250 g/mol. The molecular weight excluding hydrogens is 240 g/mol. The summed E-state index contributed by atoms with van der Waals surface area (Å²) in [7, 11) is 3.10. The molecule has 0 aliphatic carbocycles. The summed E-state index contributed by atoms with van der Waals surface area (Å²) in [6, 6.07) is 0. The van der Waals surface area contributed by atoms with Crippen LogP contribution in [0.3, 0.4) is 0 Å². The van der Waals surface area contributed by atoms with Crippen molar-refractivity contribution in [1.82, 2.24) is 18.5 Å². The lowest BCUT2D eigenvalue weighted by atomic mass is 10.5. The summed E-state index contributed by atoms with van der Waals surface area (Å²) >= 11 is 1.46. The molecule has 0 aliphatic heterocycles. The van der Waals surface area contributed by atoms with E-state index in [1.54, 1.807) is 11.4 Å². The van der Waals surface area contributed by atoms with E-state index in [2.05, 4.69) is 4.98 Å². The third kappa shape index (κ3) is 1.11. The Balaban J connectivity index is 2.79. The van der Waals surface area contributed by atoms with Crippen molar-refractivity contribution in [1.29, 1.82) is 0 Å². The zero-order valence-corrected chi connectivity index (χ0v) is 10.4. The van der Waals surface area contributed by atoms with Crippen LogP contribution in [-0.2, 0) is 14.1 Å². The first kappa shape index (κ1) is 10.3.